The molecule has 1 unspecified atom stereocenters. The van der Waals surface area contributed by atoms with Gasteiger partial charge in [0.05, 0.1) is 6.61 Å². The summed E-state index contributed by atoms with van der Waals surface area (Å²) in [7, 11) is 0. The van der Waals surface area contributed by atoms with E-state index in [0.29, 0.717) is 11.9 Å². The van der Waals surface area contributed by atoms with Gasteiger partial charge in [0.2, 0.25) is 0 Å². The topological polar surface area (TPSA) is 20.2 Å². The van der Waals surface area contributed by atoms with E-state index in [1.807, 2.05) is 25.6 Å². The van der Waals surface area contributed by atoms with E-state index in [1.165, 1.54) is 12.8 Å². The minimum atomic E-state index is 0.328. The van der Waals surface area contributed by atoms with Crippen LogP contribution in [0.2, 0.25) is 0 Å². The number of aliphatic hydroxyl groups excluding tert-OH is 1. The largest absolute Gasteiger partial charge is 0.395 e. The van der Waals surface area contributed by atoms with Crippen LogP contribution in [0.1, 0.15) is 74.7 Å². The van der Waals surface area contributed by atoms with Crippen molar-refractivity contribution in [1.82, 2.24) is 0 Å². The quantitative estimate of drug-likeness (QED) is 0.726. The molecule has 0 spiro atoms. The summed E-state index contributed by atoms with van der Waals surface area (Å²) >= 11 is 1.83. The van der Waals surface area contributed by atoms with Gasteiger partial charge in [-0.25, -0.2) is 0 Å². The van der Waals surface area contributed by atoms with Crippen molar-refractivity contribution in [3.05, 3.63) is 0 Å². The van der Waals surface area contributed by atoms with Gasteiger partial charge in [-0.1, -0.05) is 68.2 Å². The Labute approximate surface area is 109 Å². The second-order valence-electron chi connectivity index (χ2n) is 3.08. The van der Waals surface area contributed by atoms with Crippen molar-refractivity contribution in [3.8, 4) is 0 Å². The monoisotopic (exact) mass is 252 g/mol. The highest BCUT2D eigenvalue weighted by Crippen LogP contribution is 2.11. The number of hydrogen-bond donors (Lipinski definition) is 1. The molecule has 0 bridgehead atoms. The Balaban J connectivity index is -0.0000000752. The maximum absolute atomic E-state index is 8.64. The summed E-state index contributed by atoms with van der Waals surface area (Å²) in [6, 6.07) is 0. The predicted octanol–water partition coefficient (Wildman–Crippen LogP) is 5.37. The van der Waals surface area contributed by atoms with E-state index in [1.54, 1.807) is 0 Å². The van der Waals surface area contributed by atoms with E-state index in [0.717, 1.165) is 12.2 Å². The van der Waals surface area contributed by atoms with Crippen molar-refractivity contribution >= 4 is 11.8 Å². The lowest BCUT2D eigenvalue weighted by atomic mass is 10.3. The normalized spacial score (nSPS) is 9.56. The van der Waals surface area contributed by atoms with Crippen molar-refractivity contribution < 1.29 is 5.11 Å². The molecule has 1 atom stereocenters. The van der Waals surface area contributed by atoms with Crippen LogP contribution in [0.25, 0.3) is 0 Å². The highest BCUT2D eigenvalue weighted by Gasteiger charge is 2.00. The van der Waals surface area contributed by atoms with E-state index < -0.39 is 0 Å². The summed E-state index contributed by atoms with van der Waals surface area (Å²) < 4.78 is 0. The summed E-state index contributed by atoms with van der Waals surface area (Å²) in [5.74, 6) is 1.11. The van der Waals surface area contributed by atoms with Gasteiger partial charge in [0, 0.05) is 5.25 Å². The van der Waals surface area contributed by atoms with Gasteiger partial charge in [-0.2, -0.15) is 11.8 Å². The molecule has 0 aromatic rings. The van der Waals surface area contributed by atoms with Crippen LogP contribution >= 0.6 is 11.8 Å². The first-order valence-electron chi connectivity index (χ1n) is 6.90. The summed E-state index contributed by atoms with van der Waals surface area (Å²) in [4.78, 5) is 0. The molecular formula is C14H36OS. The fraction of sp³-hybridized carbons (Fsp3) is 1.00. The third kappa shape index (κ3) is 47.4. The number of aliphatic hydroxyl groups is 1. The van der Waals surface area contributed by atoms with Crippen LogP contribution in [-0.2, 0) is 0 Å². The summed E-state index contributed by atoms with van der Waals surface area (Å²) in [5, 5.41) is 9.11. The van der Waals surface area contributed by atoms with Crippen LogP contribution in [0.5, 0.6) is 0 Å². The zero-order chi connectivity index (χ0) is 13.8. The molecule has 0 aromatic carbocycles. The van der Waals surface area contributed by atoms with E-state index in [2.05, 4.69) is 41.5 Å². The average molecular weight is 253 g/mol. The first-order valence-corrected chi connectivity index (χ1v) is 7.95. The molecule has 0 aromatic heterocycles. The number of hydrogen-bond acceptors (Lipinski definition) is 2. The van der Waals surface area contributed by atoms with Crippen molar-refractivity contribution in [2.24, 2.45) is 0 Å². The van der Waals surface area contributed by atoms with E-state index in [4.69, 9.17) is 5.11 Å². The Morgan fingerprint density at radius 2 is 1.19 bits per heavy atom. The van der Waals surface area contributed by atoms with Gasteiger partial charge in [-0.3, -0.25) is 0 Å². The fourth-order valence-corrected chi connectivity index (χ4v) is 1.35. The molecule has 0 saturated heterocycles. The van der Waals surface area contributed by atoms with Crippen molar-refractivity contribution in [2.45, 2.75) is 79.9 Å². The molecule has 0 aliphatic rings. The maximum atomic E-state index is 8.64. The molecule has 1 N–H and O–H groups in total. The van der Waals surface area contributed by atoms with Gasteiger partial charge in [0.25, 0.3) is 0 Å². The van der Waals surface area contributed by atoms with E-state index in [9.17, 15) is 0 Å². The minimum Gasteiger partial charge on any atom is -0.395 e. The second-order valence-corrected chi connectivity index (χ2v) is 4.66. The highest BCUT2D eigenvalue weighted by molar-refractivity contribution is 7.99. The Morgan fingerprint density at radius 3 is 1.25 bits per heavy atom. The zero-order valence-corrected chi connectivity index (χ0v) is 13.8. The average Bonchev–Trinajstić information content (AvgIpc) is 2.31. The first-order chi connectivity index (χ1) is 7.67. The van der Waals surface area contributed by atoms with Crippen molar-refractivity contribution in [3.63, 3.8) is 0 Å². The molecule has 0 rings (SSSR count). The highest BCUT2D eigenvalue weighted by atomic mass is 32.2. The molecule has 0 fully saturated rings. The Kier molecular flexibility index (Phi) is 57.0. The van der Waals surface area contributed by atoms with Crippen LogP contribution in [0.4, 0.5) is 0 Å². The molecular weight excluding hydrogens is 216 g/mol. The Bertz CT molecular complexity index is 61.8. The van der Waals surface area contributed by atoms with Crippen molar-refractivity contribution in [1.29, 1.82) is 0 Å². The zero-order valence-electron chi connectivity index (χ0n) is 13.0. The smallest absolute Gasteiger partial charge is 0.0549 e. The third-order valence-electron chi connectivity index (χ3n) is 1.06. The lowest BCUT2D eigenvalue weighted by Gasteiger charge is -2.07. The summed E-state index contributed by atoms with van der Waals surface area (Å²) in [6.07, 6.45) is 3.58. The van der Waals surface area contributed by atoms with Crippen LogP contribution < -0.4 is 0 Å². The summed E-state index contributed by atoms with van der Waals surface area (Å²) in [6.45, 7) is 17.0. The standard InChI is InChI=1S/C6H14OS.2C3H8.C2H6/c1-3-6(5-7)8-4-2;2*1-3-2;1-2/h6-7H,3-5H2,1-2H3;2*3H2,1-2H3;1-2H3. The van der Waals surface area contributed by atoms with Crippen LogP contribution in [0.15, 0.2) is 0 Å². The number of thioether (sulfide) groups is 1. The molecule has 1 nitrogen and oxygen atoms in total. The Hall–Kier alpha value is 0.310. The molecule has 2 heteroatoms. The molecule has 0 saturated carbocycles. The second kappa shape index (κ2) is 36.2. The SMILES string of the molecule is CC.CCC.CCC.CCSC(CC)CO. The molecule has 0 amide bonds. The van der Waals surface area contributed by atoms with Gasteiger partial charge in [0.1, 0.15) is 0 Å². The van der Waals surface area contributed by atoms with Gasteiger partial charge >= 0.3 is 0 Å². The van der Waals surface area contributed by atoms with E-state index in [-0.39, 0.29) is 0 Å². The van der Waals surface area contributed by atoms with E-state index >= 15 is 0 Å². The predicted molar refractivity (Wildman–Crippen MR) is 82.6 cm³/mol. The van der Waals surface area contributed by atoms with Crippen LogP contribution in [-0.4, -0.2) is 22.7 Å². The Morgan fingerprint density at radius 1 is 0.875 bits per heavy atom. The first kappa shape index (κ1) is 25.2. The van der Waals surface area contributed by atoms with Crippen LogP contribution in [0, 0.1) is 0 Å². The van der Waals surface area contributed by atoms with Gasteiger partial charge in [-0.15, -0.1) is 0 Å². The molecule has 0 aliphatic heterocycles. The van der Waals surface area contributed by atoms with Gasteiger partial charge in [-0.05, 0) is 12.2 Å². The summed E-state index contributed by atoms with van der Waals surface area (Å²) in [5.41, 5.74) is 0. The van der Waals surface area contributed by atoms with Crippen LogP contribution in [0.3, 0.4) is 0 Å². The van der Waals surface area contributed by atoms with Gasteiger partial charge in [0.15, 0.2) is 0 Å². The molecule has 16 heavy (non-hydrogen) atoms. The maximum Gasteiger partial charge on any atom is 0.0549 e. The lowest BCUT2D eigenvalue weighted by molar-refractivity contribution is 0.292. The molecule has 0 aliphatic carbocycles. The minimum absolute atomic E-state index is 0.328. The fourth-order valence-electron chi connectivity index (χ4n) is 0.535. The van der Waals surface area contributed by atoms with Crippen molar-refractivity contribution in [2.75, 3.05) is 12.4 Å². The molecule has 0 radical (unpaired) electrons. The third-order valence-corrected chi connectivity index (χ3v) is 2.35. The molecule has 0 heterocycles. The van der Waals surface area contributed by atoms with Gasteiger partial charge < -0.3 is 5.11 Å². The lowest BCUT2D eigenvalue weighted by Crippen LogP contribution is -2.06. The number of rotatable bonds is 4. The molecule has 104 valence electrons.